The Bertz CT molecular complexity index is 1170. The number of aliphatic hydroxyl groups excluding tert-OH is 1. The smallest absolute Gasteiger partial charge is 0.381 e. The summed E-state index contributed by atoms with van der Waals surface area (Å²) in [5.74, 6) is -10.2. The lowest BCUT2D eigenvalue weighted by Gasteiger charge is -2.16. The fourth-order valence-corrected chi connectivity index (χ4v) is 3.47. The minimum Gasteiger partial charge on any atom is -0.381 e. The topological polar surface area (TPSA) is 49.3 Å². The molecule has 33 heavy (non-hydrogen) atoms. The van der Waals surface area contributed by atoms with Gasteiger partial charge >= 0.3 is 6.18 Å². The summed E-state index contributed by atoms with van der Waals surface area (Å²) in [6.45, 7) is -0.930. The van der Waals surface area contributed by atoms with Gasteiger partial charge in [0.15, 0.2) is 29.1 Å². The van der Waals surface area contributed by atoms with Crippen LogP contribution < -0.4 is 5.32 Å². The van der Waals surface area contributed by atoms with Crippen molar-refractivity contribution in [2.24, 2.45) is 0 Å². The van der Waals surface area contributed by atoms with Crippen LogP contribution >= 0.6 is 15.9 Å². The fraction of sp³-hybridized carbons (Fsp3) is 0.136. The van der Waals surface area contributed by atoms with Crippen molar-refractivity contribution in [1.82, 2.24) is 0 Å². The number of halogens is 8. The molecular formula is C22H13BrF7NO2. The van der Waals surface area contributed by atoms with Gasteiger partial charge in [-0.15, -0.1) is 0 Å². The second-order valence-electron chi connectivity index (χ2n) is 6.83. The van der Waals surface area contributed by atoms with Gasteiger partial charge in [0.1, 0.15) is 11.7 Å². The second-order valence-corrected chi connectivity index (χ2v) is 7.69. The van der Waals surface area contributed by atoms with Gasteiger partial charge in [-0.25, -0.2) is 17.6 Å². The highest BCUT2D eigenvalue weighted by molar-refractivity contribution is 9.10. The Morgan fingerprint density at radius 3 is 2.06 bits per heavy atom. The van der Waals surface area contributed by atoms with Gasteiger partial charge in [0.2, 0.25) is 0 Å². The summed E-state index contributed by atoms with van der Waals surface area (Å²) >= 11 is 3.15. The zero-order chi connectivity index (χ0) is 24.5. The molecule has 0 heterocycles. The highest BCUT2D eigenvalue weighted by atomic mass is 79.9. The normalized spacial score (nSPS) is 12.5. The predicted octanol–water partition coefficient (Wildman–Crippen LogP) is 6.55. The SMILES string of the molecule is O=C(c1cc(NCc2c(F)c(F)c(C(F)(F)F)c(F)c2F)ccc1Br)C(O)c1ccccc1. The molecule has 0 aliphatic rings. The molecule has 0 saturated heterocycles. The molecule has 1 atom stereocenters. The average molecular weight is 536 g/mol. The first-order valence-corrected chi connectivity index (χ1v) is 9.95. The van der Waals surface area contributed by atoms with E-state index >= 15 is 0 Å². The van der Waals surface area contributed by atoms with Gasteiger partial charge in [0.25, 0.3) is 0 Å². The van der Waals surface area contributed by atoms with Crippen LogP contribution in [0.5, 0.6) is 0 Å². The molecule has 2 N–H and O–H groups in total. The zero-order valence-corrected chi connectivity index (χ0v) is 17.9. The number of anilines is 1. The maximum atomic E-state index is 14.1. The quantitative estimate of drug-likeness (QED) is 0.214. The molecule has 3 nitrogen and oxygen atoms in total. The maximum Gasteiger partial charge on any atom is 0.422 e. The Morgan fingerprint density at radius 2 is 1.52 bits per heavy atom. The van der Waals surface area contributed by atoms with Crippen molar-refractivity contribution in [3.8, 4) is 0 Å². The van der Waals surface area contributed by atoms with Gasteiger partial charge in [-0.1, -0.05) is 46.3 Å². The van der Waals surface area contributed by atoms with Crippen molar-refractivity contribution < 1.29 is 40.6 Å². The van der Waals surface area contributed by atoms with E-state index in [2.05, 4.69) is 21.2 Å². The lowest BCUT2D eigenvalue weighted by molar-refractivity contribution is -0.143. The second kappa shape index (κ2) is 9.52. The van der Waals surface area contributed by atoms with E-state index in [9.17, 15) is 40.6 Å². The van der Waals surface area contributed by atoms with Gasteiger partial charge in [-0.05, 0) is 23.8 Å². The first-order chi connectivity index (χ1) is 15.4. The Labute approximate surface area is 191 Å². The number of rotatable bonds is 6. The van der Waals surface area contributed by atoms with Crippen molar-refractivity contribution in [2.45, 2.75) is 18.8 Å². The van der Waals surface area contributed by atoms with Crippen LogP contribution in [0.15, 0.2) is 53.0 Å². The number of aliphatic hydroxyl groups is 1. The van der Waals surface area contributed by atoms with E-state index in [1.165, 1.54) is 30.3 Å². The monoisotopic (exact) mass is 535 g/mol. The molecule has 3 aromatic carbocycles. The van der Waals surface area contributed by atoms with Crippen molar-refractivity contribution in [3.05, 3.63) is 98.5 Å². The van der Waals surface area contributed by atoms with Gasteiger partial charge in [0, 0.05) is 27.8 Å². The summed E-state index contributed by atoms with van der Waals surface area (Å²) in [7, 11) is 0. The third-order valence-corrected chi connectivity index (χ3v) is 5.39. The summed E-state index contributed by atoms with van der Waals surface area (Å²) in [6.07, 6.45) is -7.16. The molecule has 0 spiro atoms. The first kappa shape index (κ1) is 24.7. The molecule has 3 aromatic rings. The number of benzene rings is 3. The molecule has 174 valence electrons. The van der Waals surface area contributed by atoms with E-state index in [1.807, 2.05) is 0 Å². The van der Waals surface area contributed by atoms with E-state index in [4.69, 9.17) is 0 Å². The predicted molar refractivity (Wildman–Crippen MR) is 108 cm³/mol. The highest BCUT2D eigenvalue weighted by Crippen LogP contribution is 2.37. The van der Waals surface area contributed by atoms with Gasteiger partial charge < -0.3 is 10.4 Å². The number of Topliss-reactive ketones (excluding diaryl/α,β-unsaturated/α-hetero) is 1. The molecule has 0 saturated carbocycles. The molecule has 0 aliphatic heterocycles. The van der Waals surface area contributed by atoms with E-state index < -0.39 is 59.0 Å². The Balaban J connectivity index is 1.89. The minimum atomic E-state index is -5.64. The standard InChI is InChI=1S/C22H13BrF7NO2/c23-14-7-6-11(8-12(14)21(33)20(32)10-4-2-1-3-5-10)31-9-13-16(24)18(26)15(22(28,29)30)19(27)17(13)25/h1-8,20,31-32H,9H2. The van der Waals surface area contributed by atoms with E-state index in [-0.39, 0.29) is 15.7 Å². The van der Waals surface area contributed by atoms with Crippen molar-refractivity contribution >= 4 is 27.4 Å². The van der Waals surface area contributed by atoms with E-state index in [0.29, 0.717) is 5.56 Å². The van der Waals surface area contributed by atoms with E-state index in [1.54, 1.807) is 18.2 Å². The molecule has 3 rings (SSSR count). The van der Waals surface area contributed by atoms with Crippen LogP contribution in [-0.2, 0) is 12.7 Å². The summed E-state index contributed by atoms with van der Waals surface area (Å²) in [4.78, 5) is 12.7. The molecule has 0 amide bonds. The summed E-state index contributed by atoms with van der Waals surface area (Å²) in [5.41, 5.74) is -3.62. The minimum absolute atomic E-state index is 0.0259. The number of carbonyl (C=O) groups is 1. The van der Waals surface area contributed by atoms with Gasteiger partial charge in [-0.3, -0.25) is 4.79 Å². The first-order valence-electron chi connectivity index (χ1n) is 9.16. The van der Waals surface area contributed by atoms with Gasteiger partial charge in [0.05, 0.1) is 0 Å². The summed E-state index contributed by atoms with van der Waals surface area (Å²) in [6, 6.07) is 11.9. The zero-order valence-electron chi connectivity index (χ0n) is 16.3. The number of carbonyl (C=O) groups excluding carboxylic acids is 1. The lowest BCUT2D eigenvalue weighted by atomic mass is 9.99. The van der Waals surface area contributed by atoms with Crippen LogP contribution in [0.25, 0.3) is 0 Å². The number of ketones is 1. The largest absolute Gasteiger partial charge is 0.422 e. The molecular weight excluding hydrogens is 523 g/mol. The van der Waals surface area contributed by atoms with Crippen LogP contribution in [0.3, 0.4) is 0 Å². The third-order valence-electron chi connectivity index (χ3n) is 4.70. The molecule has 0 bridgehead atoms. The number of hydrogen-bond acceptors (Lipinski definition) is 3. The van der Waals surface area contributed by atoms with Crippen LogP contribution in [0.4, 0.5) is 36.4 Å². The summed E-state index contributed by atoms with van der Waals surface area (Å²) < 4.78 is 94.2. The Hall–Kier alpha value is -2.92. The Morgan fingerprint density at radius 1 is 0.939 bits per heavy atom. The highest BCUT2D eigenvalue weighted by Gasteiger charge is 2.42. The molecule has 0 radical (unpaired) electrons. The Kier molecular flexibility index (Phi) is 7.13. The van der Waals surface area contributed by atoms with Crippen LogP contribution in [-0.4, -0.2) is 10.9 Å². The number of hydrogen-bond donors (Lipinski definition) is 2. The average Bonchev–Trinajstić information content (AvgIpc) is 2.77. The molecule has 11 heteroatoms. The number of alkyl halides is 3. The number of nitrogens with one attached hydrogen (secondary N) is 1. The molecule has 0 fully saturated rings. The van der Waals surface area contributed by atoms with Crippen LogP contribution in [0.1, 0.15) is 33.2 Å². The van der Waals surface area contributed by atoms with E-state index in [0.717, 1.165) is 0 Å². The molecule has 0 aliphatic carbocycles. The maximum absolute atomic E-state index is 14.1. The van der Waals surface area contributed by atoms with Gasteiger partial charge in [-0.2, -0.15) is 13.2 Å². The van der Waals surface area contributed by atoms with Crippen LogP contribution in [0.2, 0.25) is 0 Å². The van der Waals surface area contributed by atoms with Crippen LogP contribution in [0, 0.1) is 23.3 Å². The molecule has 0 aromatic heterocycles. The van der Waals surface area contributed by atoms with Crippen molar-refractivity contribution in [3.63, 3.8) is 0 Å². The molecule has 1 unspecified atom stereocenters. The van der Waals surface area contributed by atoms with Crippen molar-refractivity contribution in [2.75, 3.05) is 5.32 Å². The lowest BCUT2D eigenvalue weighted by Crippen LogP contribution is -2.18. The fourth-order valence-electron chi connectivity index (χ4n) is 3.03. The third kappa shape index (κ3) is 5.03. The summed E-state index contributed by atoms with van der Waals surface area (Å²) in [5, 5.41) is 12.7. The van der Waals surface area contributed by atoms with Crippen molar-refractivity contribution in [1.29, 1.82) is 0 Å².